The van der Waals surface area contributed by atoms with E-state index >= 15 is 0 Å². The number of nitrogens with zero attached hydrogens (tertiary/aromatic N) is 2. The molecule has 2 N–H and O–H groups in total. The number of likely N-dealkylation sites (tertiary alicyclic amines) is 1. The molecule has 0 radical (unpaired) electrons. The molecule has 2 atom stereocenters. The van der Waals surface area contributed by atoms with Crippen LogP contribution in [-0.2, 0) is 11.2 Å². The largest absolute Gasteiger partial charge is 0.393 e. The smallest absolute Gasteiger partial charge is 0.240 e. The first kappa shape index (κ1) is 15.4. The van der Waals surface area contributed by atoms with E-state index in [1.807, 2.05) is 13.8 Å². The monoisotopic (exact) mass is 297 g/mol. The van der Waals surface area contributed by atoms with E-state index in [1.165, 1.54) is 11.3 Å². The van der Waals surface area contributed by atoms with Crippen LogP contribution in [0, 0.1) is 12.8 Å². The lowest BCUT2D eigenvalue weighted by molar-refractivity contribution is -0.117. The van der Waals surface area contributed by atoms with Gasteiger partial charge in [-0.1, -0.05) is 6.92 Å². The van der Waals surface area contributed by atoms with Gasteiger partial charge in [0.1, 0.15) is 0 Å². The van der Waals surface area contributed by atoms with Crippen molar-refractivity contribution in [3.05, 3.63) is 10.6 Å². The Kier molecular flexibility index (Phi) is 5.12. The van der Waals surface area contributed by atoms with Crippen LogP contribution in [0.1, 0.15) is 30.8 Å². The van der Waals surface area contributed by atoms with Gasteiger partial charge in [-0.15, -0.1) is 11.3 Å². The van der Waals surface area contributed by atoms with Gasteiger partial charge in [0.05, 0.1) is 18.3 Å². The minimum absolute atomic E-state index is 0.0207. The number of hydrogen-bond acceptors (Lipinski definition) is 5. The lowest BCUT2D eigenvalue weighted by Gasteiger charge is -2.16. The number of aromatic nitrogens is 1. The van der Waals surface area contributed by atoms with Crippen molar-refractivity contribution in [2.75, 3.05) is 25.0 Å². The van der Waals surface area contributed by atoms with Gasteiger partial charge >= 0.3 is 0 Å². The molecular weight excluding hydrogens is 274 g/mol. The lowest BCUT2D eigenvalue weighted by Crippen LogP contribution is -2.32. The number of nitrogens with one attached hydrogen (secondary N) is 1. The maximum atomic E-state index is 12.0. The Hall–Kier alpha value is -0.980. The first-order chi connectivity index (χ1) is 9.49. The van der Waals surface area contributed by atoms with E-state index in [-0.39, 0.29) is 17.9 Å². The third kappa shape index (κ3) is 3.77. The molecule has 0 spiro atoms. The molecule has 1 amide bonds. The molecule has 2 unspecified atom stereocenters. The van der Waals surface area contributed by atoms with Gasteiger partial charge < -0.3 is 10.4 Å². The summed E-state index contributed by atoms with van der Waals surface area (Å²) in [5, 5.41) is 13.1. The minimum atomic E-state index is -0.295. The number of anilines is 1. The second-order valence-corrected chi connectivity index (χ2v) is 6.65. The Morgan fingerprint density at radius 1 is 1.65 bits per heavy atom. The van der Waals surface area contributed by atoms with Gasteiger partial charge in [0.25, 0.3) is 0 Å². The molecule has 0 saturated carbocycles. The van der Waals surface area contributed by atoms with Crippen LogP contribution in [0.2, 0.25) is 0 Å². The van der Waals surface area contributed by atoms with Crippen LogP contribution in [0.25, 0.3) is 0 Å². The molecule has 0 bridgehead atoms. The molecule has 2 rings (SSSR count). The average molecular weight is 297 g/mol. The van der Waals surface area contributed by atoms with Gasteiger partial charge in [-0.3, -0.25) is 9.69 Å². The van der Waals surface area contributed by atoms with Crippen LogP contribution < -0.4 is 5.32 Å². The first-order valence-corrected chi connectivity index (χ1v) is 7.97. The molecule has 0 aliphatic carbocycles. The average Bonchev–Trinajstić information content (AvgIpc) is 2.96. The van der Waals surface area contributed by atoms with Crippen LogP contribution >= 0.6 is 11.3 Å². The van der Waals surface area contributed by atoms with Gasteiger partial charge in [-0.25, -0.2) is 4.98 Å². The predicted molar refractivity (Wildman–Crippen MR) is 81.1 cm³/mol. The molecule has 5 nitrogen and oxygen atoms in total. The number of carbonyl (C=O) groups is 1. The Balaban J connectivity index is 1.83. The number of aryl methyl sites for hydroxylation is 2. The molecule has 112 valence electrons. The number of rotatable bonds is 5. The van der Waals surface area contributed by atoms with Crippen LogP contribution in [0.4, 0.5) is 5.13 Å². The highest BCUT2D eigenvalue weighted by atomic mass is 32.1. The highest BCUT2D eigenvalue weighted by Crippen LogP contribution is 2.23. The summed E-state index contributed by atoms with van der Waals surface area (Å²) in [6.45, 7) is 7.96. The number of thiazole rings is 1. The van der Waals surface area contributed by atoms with Crippen molar-refractivity contribution in [2.24, 2.45) is 5.92 Å². The van der Waals surface area contributed by atoms with Crippen molar-refractivity contribution >= 4 is 22.4 Å². The summed E-state index contributed by atoms with van der Waals surface area (Å²) >= 11 is 1.53. The quantitative estimate of drug-likeness (QED) is 0.867. The fraction of sp³-hybridized carbons (Fsp3) is 0.714. The summed E-state index contributed by atoms with van der Waals surface area (Å²) in [6.07, 6.45) is 1.55. The van der Waals surface area contributed by atoms with Crippen molar-refractivity contribution in [1.82, 2.24) is 9.88 Å². The third-order valence-corrected chi connectivity index (χ3v) is 4.76. The van der Waals surface area contributed by atoms with Gasteiger partial charge in [0.2, 0.25) is 5.91 Å². The van der Waals surface area contributed by atoms with E-state index in [1.54, 1.807) is 0 Å². The Labute approximate surface area is 124 Å². The Morgan fingerprint density at radius 3 is 2.95 bits per heavy atom. The maximum Gasteiger partial charge on any atom is 0.240 e. The molecule has 1 aliphatic heterocycles. The standard InChI is InChI=1S/C14H23N3O2S/c1-4-12-10(3)20-14(15-12)16-13(19)8-17-6-5-11(7-17)9(2)18/h9,11,18H,4-8H2,1-3H3,(H,15,16,19). The summed E-state index contributed by atoms with van der Waals surface area (Å²) < 4.78 is 0. The predicted octanol–water partition coefficient (Wildman–Crippen LogP) is 1.66. The summed E-state index contributed by atoms with van der Waals surface area (Å²) in [5.74, 6) is 0.268. The van der Waals surface area contributed by atoms with Gasteiger partial charge in [-0.2, -0.15) is 0 Å². The lowest BCUT2D eigenvalue weighted by atomic mass is 10.0. The zero-order valence-corrected chi connectivity index (χ0v) is 13.2. The van der Waals surface area contributed by atoms with Gasteiger partial charge in [0.15, 0.2) is 5.13 Å². The van der Waals surface area contributed by atoms with E-state index in [2.05, 4.69) is 22.1 Å². The SMILES string of the molecule is CCc1nc(NC(=O)CN2CCC(C(C)O)C2)sc1C. The number of aliphatic hydroxyl groups is 1. The minimum Gasteiger partial charge on any atom is -0.393 e. The zero-order chi connectivity index (χ0) is 14.7. The Bertz CT molecular complexity index is 473. The molecule has 1 saturated heterocycles. The van der Waals surface area contributed by atoms with E-state index in [0.29, 0.717) is 11.7 Å². The van der Waals surface area contributed by atoms with E-state index in [4.69, 9.17) is 0 Å². The summed E-state index contributed by atoms with van der Waals surface area (Å²) in [7, 11) is 0. The van der Waals surface area contributed by atoms with Crippen molar-refractivity contribution in [3.8, 4) is 0 Å². The highest BCUT2D eigenvalue weighted by Gasteiger charge is 2.27. The fourth-order valence-corrected chi connectivity index (χ4v) is 3.49. The van der Waals surface area contributed by atoms with Crippen molar-refractivity contribution in [3.63, 3.8) is 0 Å². The van der Waals surface area contributed by atoms with E-state index in [0.717, 1.165) is 36.5 Å². The van der Waals surface area contributed by atoms with E-state index in [9.17, 15) is 9.90 Å². The Morgan fingerprint density at radius 2 is 2.40 bits per heavy atom. The van der Waals surface area contributed by atoms with Crippen molar-refractivity contribution in [1.29, 1.82) is 0 Å². The van der Waals surface area contributed by atoms with Crippen LogP contribution in [0.15, 0.2) is 0 Å². The molecule has 1 aromatic rings. The summed E-state index contributed by atoms with van der Waals surface area (Å²) in [6, 6.07) is 0. The summed E-state index contributed by atoms with van der Waals surface area (Å²) in [4.78, 5) is 19.7. The van der Waals surface area contributed by atoms with Gasteiger partial charge in [0, 0.05) is 11.4 Å². The summed E-state index contributed by atoms with van der Waals surface area (Å²) in [5.41, 5.74) is 1.06. The zero-order valence-electron chi connectivity index (χ0n) is 12.3. The normalized spacial score (nSPS) is 21.1. The van der Waals surface area contributed by atoms with Crippen LogP contribution in [0.5, 0.6) is 0 Å². The first-order valence-electron chi connectivity index (χ1n) is 7.16. The number of aliphatic hydroxyl groups excluding tert-OH is 1. The molecular formula is C14H23N3O2S. The molecule has 1 fully saturated rings. The van der Waals surface area contributed by atoms with Crippen LogP contribution in [-0.4, -0.2) is 46.6 Å². The molecule has 20 heavy (non-hydrogen) atoms. The van der Waals surface area contributed by atoms with Gasteiger partial charge in [-0.05, 0) is 39.2 Å². The molecule has 1 aliphatic rings. The third-order valence-electron chi connectivity index (χ3n) is 3.83. The molecule has 1 aromatic heterocycles. The molecule has 2 heterocycles. The van der Waals surface area contributed by atoms with Crippen molar-refractivity contribution < 1.29 is 9.90 Å². The van der Waals surface area contributed by atoms with E-state index < -0.39 is 0 Å². The van der Waals surface area contributed by atoms with Crippen LogP contribution in [0.3, 0.4) is 0 Å². The maximum absolute atomic E-state index is 12.0. The van der Waals surface area contributed by atoms with Crippen molar-refractivity contribution in [2.45, 2.75) is 39.7 Å². The number of hydrogen-bond donors (Lipinski definition) is 2. The number of amides is 1. The highest BCUT2D eigenvalue weighted by molar-refractivity contribution is 7.15. The molecule has 0 aromatic carbocycles. The fourth-order valence-electron chi connectivity index (χ4n) is 2.57. The number of carbonyl (C=O) groups excluding carboxylic acids is 1. The second kappa shape index (κ2) is 6.65. The second-order valence-electron chi connectivity index (χ2n) is 5.45. The molecule has 6 heteroatoms. The topological polar surface area (TPSA) is 65.5 Å².